The molecule has 0 amide bonds. The predicted molar refractivity (Wildman–Crippen MR) is 59.1 cm³/mol. The zero-order valence-electron chi connectivity index (χ0n) is 10.1. The molecule has 2 heterocycles. The lowest BCUT2D eigenvalue weighted by molar-refractivity contribution is 0.190. The Morgan fingerprint density at radius 1 is 1.38 bits per heavy atom. The summed E-state index contributed by atoms with van der Waals surface area (Å²) in [6.45, 7) is 8.43. The highest BCUT2D eigenvalue weighted by Crippen LogP contribution is 2.23. The average Bonchev–Trinajstić information content (AvgIpc) is 2.84. The Labute approximate surface area is 95.6 Å². The summed E-state index contributed by atoms with van der Waals surface area (Å²) < 4.78 is 10.9. The maximum atomic E-state index is 5.60. The van der Waals surface area contributed by atoms with Gasteiger partial charge in [0.05, 0.1) is 19.1 Å². The van der Waals surface area contributed by atoms with Gasteiger partial charge in [-0.15, -0.1) is 10.2 Å². The summed E-state index contributed by atoms with van der Waals surface area (Å²) in [7, 11) is 0. The molecule has 5 nitrogen and oxygen atoms in total. The molecular formula is C11H19N3O2. The summed E-state index contributed by atoms with van der Waals surface area (Å²) in [4.78, 5) is 0. The van der Waals surface area contributed by atoms with Gasteiger partial charge in [0, 0.05) is 12.1 Å². The molecular weight excluding hydrogens is 206 g/mol. The molecule has 1 unspecified atom stereocenters. The first-order valence-corrected chi connectivity index (χ1v) is 5.70. The first-order valence-electron chi connectivity index (χ1n) is 5.70. The molecule has 0 spiro atoms. The van der Waals surface area contributed by atoms with Gasteiger partial charge in [-0.05, 0) is 27.2 Å². The number of nitrogens with one attached hydrogen (secondary N) is 1. The van der Waals surface area contributed by atoms with E-state index in [2.05, 4.69) is 36.3 Å². The van der Waals surface area contributed by atoms with Crippen LogP contribution < -0.4 is 5.32 Å². The van der Waals surface area contributed by atoms with E-state index in [0.717, 1.165) is 13.0 Å². The molecule has 1 N–H and O–H groups in total. The lowest BCUT2D eigenvalue weighted by atomic mass is 10.1. The number of rotatable bonds is 3. The molecule has 1 aromatic heterocycles. The Morgan fingerprint density at radius 3 is 2.81 bits per heavy atom. The van der Waals surface area contributed by atoms with Crippen LogP contribution in [-0.2, 0) is 11.3 Å². The van der Waals surface area contributed by atoms with E-state index in [4.69, 9.17) is 9.15 Å². The van der Waals surface area contributed by atoms with Gasteiger partial charge >= 0.3 is 0 Å². The van der Waals surface area contributed by atoms with Crippen molar-refractivity contribution >= 4 is 0 Å². The predicted octanol–water partition coefficient (Wildman–Crippen LogP) is 1.46. The molecule has 1 saturated heterocycles. The highest BCUT2D eigenvalue weighted by molar-refractivity contribution is 4.94. The fourth-order valence-electron chi connectivity index (χ4n) is 1.57. The smallest absolute Gasteiger partial charge is 0.230 e. The molecule has 90 valence electrons. The van der Waals surface area contributed by atoms with Crippen LogP contribution in [0.5, 0.6) is 0 Å². The van der Waals surface area contributed by atoms with Gasteiger partial charge in [0.15, 0.2) is 0 Å². The number of ether oxygens (including phenoxy) is 1. The molecule has 0 bridgehead atoms. The highest BCUT2D eigenvalue weighted by atomic mass is 16.5. The molecule has 0 aromatic carbocycles. The van der Waals surface area contributed by atoms with Crippen LogP contribution in [0.2, 0.25) is 0 Å². The highest BCUT2D eigenvalue weighted by Gasteiger charge is 2.23. The minimum absolute atomic E-state index is 0.0606. The fourth-order valence-corrected chi connectivity index (χ4v) is 1.57. The van der Waals surface area contributed by atoms with E-state index in [-0.39, 0.29) is 11.5 Å². The maximum Gasteiger partial charge on any atom is 0.230 e. The van der Waals surface area contributed by atoms with Crippen LogP contribution in [0.15, 0.2) is 4.42 Å². The van der Waals surface area contributed by atoms with Crippen molar-refractivity contribution in [2.45, 2.75) is 45.2 Å². The third kappa shape index (κ3) is 3.02. The standard InChI is InChI=1S/C11H19N3O2/c1-11(2,3)12-6-9-13-14-10(16-9)8-4-5-15-7-8/h8,12H,4-7H2,1-3H3. The van der Waals surface area contributed by atoms with Crippen molar-refractivity contribution in [1.82, 2.24) is 15.5 Å². The van der Waals surface area contributed by atoms with Gasteiger partial charge in [-0.1, -0.05) is 0 Å². The number of aromatic nitrogens is 2. The SMILES string of the molecule is CC(C)(C)NCc1nnc(C2CCOC2)o1. The molecule has 0 saturated carbocycles. The first-order chi connectivity index (χ1) is 7.54. The first kappa shape index (κ1) is 11.5. The Balaban J connectivity index is 1.91. The van der Waals surface area contributed by atoms with Crippen LogP contribution in [0.4, 0.5) is 0 Å². The van der Waals surface area contributed by atoms with Gasteiger partial charge in [0.25, 0.3) is 0 Å². The van der Waals surface area contributed by atoms with Crippen LogP contribution in [0.25, 0.3) is 0 Å². The zero-order valence-corrected chi connectivity index (χ0v) is 10.1. The van der Waals surface area contributed by atoms with E-state index in [1.165, 1.54) is 0 Å². The van der Waals surface area contributed by atoms with Crippen molar-refractivity contribution in [3.63, 3.8) is 0 Å². The molecule has 1 aliphatic rings. The van der Waals surface area contributed by atoms with Gasteiger partial charge < -0.3 is 14.5 Å². The minimum atomic E-state index is 0.0606. The quantitative estimate of drug-likeness (QED) is 0.844. The molecule has 0 radical (unpaired) electrons. The molecule has 1 fully saturated rings. The van der Waals surface area contributed by atoms with Crippen molar-refractivity contribution in [1.29, 1.82) is 0 Å². The Bertz CT molecular complexity index is 337. The maximum absolute atomic E-state index is 5.60. The van der Waals surface area contributed by atoms with Crippen LogP contribution >= 0.6 is 0 Å². The third-order valence-corrected chi connectivity index (χ3v) is 2.53. The molecule has 0 aliphatic carbocycles. The Morgan fingerprint density at radius 2 is 2.19 bits per heavy atom. The van der Waals surface area contributed by atoms with Gasteiger partial charge in [-0.25, -0.2) is 0 Å². The van der Waals surface area contributed by atoms with Crippen LogP contribution in [0.1, 0.15) is 44.9 Å². The molecule has 1 atom stereocenters. The lowest BCUT2D eigenvalue weighted by Crippen LogP contribution is -2.35. The molecule has 1 aliphatic heterocycles. The van der Waals surface area contributed by atoms with Crippen LogP contribution in [0, 0.1) is 0 Å². The summed E-state index contributed by atoms with van der Waals surface area (Å²) in [5.41, 5.74) is 0.0606. The number of nitrogens with zero attached hydrogens (tertiary/aromatic N) is 2. The summed E-state index contributed by atoms with van der Waals surface area (Å²) in [5, 5.41) is 11.4. The van der Waals surface area contributed by atoms with Crippen molar-refractivity contribution < 1.29 is 9.15 Å². The van der Waals surface area contributed by atoms with Gasteiger partial charge in [0.1, 0.15) is 0 Å². The van der Waals surface area contributed by atoms with E-state index >= 15 is 0 Å². The molecule has 1 aromatic rings. The average molecular weight is 225 g/mol. The van der Waals surface area contributed by atoms with Crippen LogP contribution in [-0.4, -0.2) is 29.0 Å². The summed E-state index contributed by atoms with van der Waals surface area (Å²) >= 11 is 0. The van der Waals surface area contributed by atoms with Crippen molar-refractivity contribution in [2.24, 2.45) is 0 Å². The summed E-state index contributed by atoms with van der Waals surface area (Å²) in [5.74, 6) is 1.65. The van der Waals surface area contributed by atoms with E-state index in [1.807, 2.05) is 0 Å². The second kappa shape index (κ2) is 4.51. The number of hydrogen-bond acceptors (Lipinski definition) is 5. The van der Waals surface area contributed by atoms with E-state index in [9.17, 15) is 0 Å². The van der Waals surface area contributed by atoms with Crippen LogP contribution in [0.3, 0.4) is 0 Å². The largest absolute Gasteiger partial charge is 0.423 e. The Kier molecular flexibility index (Phi) is 3.25. The molecule has 2 rings (SSSR count). The van der Waals surface area contributed by atoms with E-state index in [0.29, 0.717) is 24.9 Å². The Hall–Kier alpha value is -0.940. The fraction of sp³-hybridized carbons (Fsp3) is 0.818. The summed E-state index contributed by atoms with van der Waals surface area (Å²) in [6.07, 6.45) is 0.980. The second-order valence-electron chi connectivity index (χ2n) is 5.20. The monoisotopic (exact) mass is 225 g/mol. The molecule has 5 heteroatoms. The molecule has 16 heavy (non-hydrogen) atoms. The minimum Gasteiger partial charge on any atom is -0.423 e. The van der Waals surface area contributed by atoms with E-state index in [1.54, 1.807) is 0 Å². The second-order valence-corrected chi connectivity index (χ2v) is 5.20. The van der Waals surface area contributed by atoms with E-state index < -0.39 is 0 Å². The zero-order chi connectivity index (χ0) is 11.6. The topological polar surface area (TPSA) is 60.2 Å². The van der Waals surface area contributed by atoms with Gasteiger partial charge in [-0.2, -0.15) is 0 Å². The van der Waals surface area contributed by atoms with Crippen molar-refractivity contribution in [2.75, 3.05) is 13.2 Å². The normalized spacial score (nSPS) is 21.6. The summed E-state index contributed by atoms with van der Waals surface area (Å²) in [6, 6.07) is 0. The van der Waals surface area contributed by atoms with Gasteiger partial charge in [-0.3, -0.25) is 0 Å². The lowest BCUT2D eigenvalue weighted by Gasteiger charge is -2.18. The van der Waals surface area contributed by atoms with Gasteiger partial charge in [0.2, 0.25) is 11.8 Å². The van der Waals surface area contributed by atoms with Crippen molar-refractivity contribution in [3.05, 3.63) is 11.8 Å². The third-order valence-electron chi connectivity index (χ3n) is 2.53. The number of hydrogen-bond donors (Lipinski definition) is 1. The van der Waals surface area contributed by atoms with Crippen molar-refractivity contribution in [3.8, 4) is 0 Å².